The van der Waals surface area contributed by atoms with Crippen LogP contribution < -0.4 is 21.3 Å². The van der Waals surface area contributed by atoms with Gasteiger partial charge in [0.15, 0.2) is 9.84 Å². The fraction of sp³-hybridized carbons (Fsp3) is 0.800. The van der Waals surface area contributed by atoms with E-state index in [-0.39, 0.29) is 35.5 Å². The molecule has 3 saturated carbocycles. The molecular formula is C35H55N5O7S. The van der Waals surface area contributed by atoms with E-state index in [1.54, 1.807) is 4.90 Å². The van der Waals surface area contributed by atoms with Gasteiger partial charge in [-0.1, -0.05) is 72.8 Å². The average molecular weight is 690 g/mol. The SMILES string of the molecule is C=CCNC(=O)C(=O)C(CC1CC1)NC(=O)[C@@H]1C2C(CN1C(=O)[C@@H](NC(=O)NC1(C3CCCS3(=O)=O)CCCCC1)C(C)(C)C)C2(C)C. The zero-order valence-corrected chi connectivity index (χ0v) is 30.0. The van der Waals surface area contributed by atoms with E-state index >= 15 is 0 Å². The van der Waals surface area contributed by atoms with Crippen LogP contribution in [-0.4, -0.2) is 90.6 Å². The van der Waals surface area contributed by atoms with E-state index in [9.17, 15) is 32.4 Å². The molecule has 2 saturated heterocycles. The lowest BCUT2D eigenvalue weighted by molar-refractivity contribution is -0.145. The molecule has 0 spiro atoms. The molecular weight excluding hydrogens is 634 g/mol. The van der Waals surface area contributed by atoms with Crippen molar-refractivity contribution in [3.05, 3.63) is 12.7 Å². The third kappa shape index (κ3) is 7.31. The molecule has 0 aromatic carbocycles. The molecule has 5 fully saturated rings. The summed E-state index contributed by atoms with van der Waals surface area (Å²) >= 11 is 0. The molecule has 0 aromatic heterocycles. The molecule has 5 rings (SSSR count). The number of hydrogen-bond acceptors (Lipinski definition) is 7. The Labute approximate surface area is 285 Å². The van der Waals surface area contributed by atoms with E-state index in [0.29, 0.717) is 38.6 Å². The van der Waals surface area contributed by atoms with Crippen LogP contribution in [0.25, 0.3) is 0 Å². The minimum absolute atomic E-state index is 0.0678. The van der Waals surface area contributed by atoms with Crippen LogP contribution in [0.4, 0.5) is 4.79 Å². The molecule has 0 radical (unpaired) electrons. The molecule has 0 aromatic rings. The van der Waals surface area contributed by atoms with Gasteiger partial charge in [-0.2, -0.15) is 0 Å². The van der Waals surface area contributed by atoms with Gasteiger partial charge in [-0.3, -0.25) is 19.2 Å². The van der Waals surface area contributed by atoms with E-state index in [1.807, 2.05) is 20.8 Å². The summed E-state index contributed by atoms with van der Waals surface area (Å²) in [7, 11) is -3.35. The maximum Gasteiger partial charge on any atom is 0.315 e. The van der Waals surface area contributed by atoms with Gasteiger partial charge >= 0.3 is 6.03 Å². The highest BCUT2D eigenvalue weighted by atomic mass is 32.2. The molecule has 2 aliphatic heterocycles. The van der Waals surface area contributed by atoms with E-state index in [2.05, 4.69) is 41.7 Å². The first-order valence-corrected chi connectivity index (χ1v) is 19.5. The highest BCUT2D eigenvalue weighted by molar-refractivity contribution is 7.92. The van der Waals surface area contributed by atoms with E-state index < -0.39 is 73.7 Å². The highest BCUT2D eigenvalue weighted by Gasteiger charge is 2.70. The van der Waals surface area contributed by atoms with Crippen LogP contribution in [0.2, 0.25) is 0 Å². The smallest absolute Gasteiger partial charge is 0.315 e. The molecule has 48 heavy (non-hydrogen) atoms. The molecule has 2 heterocycles. The first kappa shape index (κ1) is 36.3. The Morgan fingerprint density at radius 1 is 0.979 bits per heavy atom. The van der Waals surface area contributed by atoms with Gasteiger partial charge in [-0.05, 0) is 60.7 Å². The van der Waals surface area contributed by atoms with Crippen LogP contribution in [0.5, 0.6) is 0 Å². The summed E-state index contributed by atoms with van der Waals surface area (Å²) in [6, 6.07) is -3.47. The predicted molar refractivity (Wildman–Crippen MR) is 181 cm³/mol. The summed E-state index contributed by atoms with van der Waals surface area (Å²) in [6.45, 7) is 13.7. The van der Waals surface area contributed by atoms with Crippen molar-refractivity contribution in [2.45, 2.75) is 128 Å². The predicted octanol–water partition coefficient (Wildman–Crippen LogP) is 2.62. The maximum atomic E-state index is 14.5. The van der Waals surface area contributed by atoms with Gasteiger partial charge in [0, 0.05) is 13.1 Å². The molecule has 13 heteroatoms. The van der Waals surface area contributed by atoms with E-state index in [1.165, 1.54) is 6.08 Å². The summed E-state index contributed by atoms with van der Waals surface area (Å²) in [4.78, 5) is 69.6. The molecule has 0 bridgehead atoms. The lowest BCUT2D eigenvalue weighted by Gasteiger charge is -2.43. The largest absolute Gasteiger partial charge is 0.346 e. The number of Topliss-reactive ketones (excluding diaryl/α,β-unsaturated/α-hetero) is 1. The van der Waals surface area contributed by atoms with Gasteiger partial charge in [0.2, 0.25) is 17.6 Å². The number of fused-ring (bicyclic) bond motifs is 1. The second kappa shape index (κ2) is 13.4. The Morgan fingerprint density at radius 3 is 2.21 bits per heavy atom. The first-order chi connectivity index (χ1) is 22.4. The highest BCUT2D eigenvalue weighted by Crippen LogP contribution is 2.65. The topological polar surface area (TPSA) is 171 Å². The number of piperidine rings is 1. The van der Waals surface area contributed by atoms with Gasteiger partial charge in [0.1, 0.15) is 12.1 Å². The number of likely N-dealkylation sites (tertiary alicyclic amines) is 1. The third-order valence-corrected chi connectivity index (χ3v) is 14.1. The Morgan fingerprint density at radius 2 is 1.65 bits per heavy atom. The lowest BCUT2D eigenvalue weighted by atomic mass is 9.78. The number of carbonyl (C=O) groups excluding carboxylic acids is 5. The quantitative estimate of drug-likeness (QED) is 0.180. The molecule has 4 unspecified atom stereocenters. The van der Waals surface area contributed by atoms with Crippen LogP contribution in [0.3, 0.4) is 0 Å². The Kier molecular flexibility index (Phi) is 10.1. The van der Waals surface area contributed by atoms with Crippen molar-refractivity contribution < 1.29 is 32.4 Å². The number of carbonyl (C=O) groups is 5. The maximum absolute atomic E-state index is 14.5. The first-order valence-electron chi connectivity index (χ1n) is 17.8. The molecule has 5 amide bonds. The van der Waals surface area contributed by atoms with Crippen molar-refractivity contribution >= 4 is 39.4 Å². The lowest BCUT2D eigenvalue weighted by Crippen LogP contribution is -2.65. The summed E-state index contributed by atoms with van der Waals surface area (Å²) in [6.07, 6.45) is 8.51. The number of rotatable bonds is 12. The molecule has 3 aliphatic carbocycles. The second-order valence-electron chi connectivity index (χ2n) is 16.6. The summed E-state index contributed by atoms with van der Waals surface area (Å²) in [5, 5.41) is 10.7. The van der Waals surface area contributed by atoms with Crippen molar-refractivity contribution in [2.24, 2.45) is 28.6 Å². The standard InChI is InChI=1S/C35H55N5O7S/c1-7-17-36-30(43)27(41)23(19-21-13-14-21)37-29(42)26-25-22(34(25,5)6)20-40(26)31(44)28(33(2,3)4)38-32(45)39-35(15-9-8-10-16-35)24-12-11-18-48(24,46)47/h7,21-26,28H,1,8-20H2,2-6H3,(H,36,43)(H,37,42)(H2,38,39,45)/t22?,23?,24?,25?,26-,28+/m0/s1. The van der Waals surface area contributed by atoms with E-state index in [0.717, 1.165) is 32.1 Å². The normalized spacial score (nSPS) is 29.5. The number of sulfone groups is 1. The molecule has 5 aliphatic rings. The van der Waals surface area contributed by atoms with Crippen LogP contribution >= 0.6 is 0 Å². The van der Waals surface area contributed by atoms with Crippen molar-refractivity contribution in [3.63, 3.8) is 0 Å². The Balaban J connectivity index is 1.35. The van der Waals surface area contributed by atoms with Gasteiger partial charge in [0.05, 0.1) is 22.6 Å². The summed E-state index contributed by atoms with van der Waals surface area (Å²) in [5.74, 6) is -2.07. The Hall–Kier alpha value is -2.96. The van der Waals surface area contributed by atoms with Crippen molar-refractivity contribution in [3.8, 4) is 0 Å². The number of urea groups is 1. The van der Waals surface area contributed by atoms with Crippen LogP contribution in [-0.2, 0) is 29.0 Å². The number of nitrogens with zero attached hydrogens (tertiary/aromatic N) is 1. The minimum atomic E-state index is -3.35. The molecule has 6 atom stereocenters. The number of ketones is 1. The Bertz CT molecular complexity index is 1430. The summed E-state index contributed by atoms with van der Waals surface area (Å²) < 4.78 is 26.1. The minimum Gasteiger partial charge on any atom is -0.346 e. The zero-order valence-electron chi connectivity index (χ0n) is 29.2. The second-order valence-corrected chi connectivity index (χ2v) is 18.9. The van der Waals surface area contributed by atoms with Crippen molar-refractivity contribution in [1.82, 2.24) is 26.2 Å². The summed E-state index contributed by atoms with van der Waals surface area (Å²) in [5.41, 5.74) is -1.82. The number of amides is 5. The molecule has 268 valence electrons. The van der Waals surface area contributed by atoms with E-state index in [4.69, 9.17) is 0 Å². The third-order valence-electron chi connectivity index (χ3n) is 11.7. The fourth-order valence-corrected chi connectivity index (χ4v) is 11.1. The fourth-order valence-electron chi connectivity index (χ4n) is 8.73. The number of nitrogens with one attached hydrogen (secondary N) is 4. The van der Waals surface area contributed by atoms with Gasteiger partial charge < -0.3 is 26.2 Å². The monoisotopic (exact) mass is 689 g/mol. The van der Waals surface area contributed by atoms with Crippen LogP contribution in [0.15, 0.2) is 12.7 Å². The van der Waals surface area contributed by atoms with Crippen molar-refractivity contribution in [2.75, 3.05) is 18.8 Å². The van der Waals surface area contributed by atoms with Crippen LogP contribution in [0.1, 0.15) is 98.8 Å². The molecule has 12 nitrogen and oxygen atoms in total. The van der Waals surface area contributed by atoms with Gasteiger partial charge in [-0.15, -0.1) is 6.58 Å². The van der Waals surface area contributed by atoms with Gasteiger partial charge in [-0.25, -0.2) is 13.2 Å². The molecule has 4 N–H and O–H groups in total. The van der Waals surface area contributed by atoms with Gasteiger partial charge in [0.25, 0.3) is 5.91 Å². The zero-order chi connectivity index (χ0) is 35.2. The van der Waals surface area contributed by atoms with Crippen LogP contribution in [0, 0.1) is 28.6 Å². The average Bonchev–Trinajstić information content (AvgIpc) is 3.79. The van der Waals surface area contributed by atoms with Crippen molar-refractivity contribution in [1.29, 1.82) is 0 Å². The number of hydrogen-bond donors (Lipinski definition) is 4.